The molecule has 0 heterocycles. The maximum Gasteiger partial charge on any atom is 0.138 e. The van der Waals surface area contributed by atoms with E-state index in [9.17, 15) is 0 Å². The van der Waals surface area contributed by atoms with Crippen LogP contribution in [-0.2, 0) is 0 Å². The summed E-state index contributed by atoms with van der Waals surface area (Å²) in [6.45, 7) is 4.10. The Morgan fingerprint density at radius 1 is 1.00 bits per heavy atom. The van der Waals surface area contributed by atoms with E-state index in [2.05, 4.69) is 13.0 Å². The first-order chi connectivity index (χ1) is 9.43. The molecular weight excluding hydrogens is 293 g/mol. The van der Waals surface area contributed by atoms with Crippen LogP contribution in [0.1, 0.15) is 28.3 Å². The van der Waals surface area contributed by atoms with Gasteiger partial charge in [-0.3, -0.25) is 0 Å². The second kappa shape index (κ2) is 6.04. The van der Waals surface area contributed by atoms with Gasteiger partial charge in [0, 0.05) is 11.1 Å². The fourth-order valence-electron chi connectivity index (χ4n) is 2.28. The summed E-state index contributed by atoms with van der Waals surface area (Å²) >= 11 is 12.4. The highest BCUT2D eigenvalue weighted by atomic mass is 35.5. The van der Waals surface area contributed by atoms with Crippen molar-refractivity contribution in [1.29, 1.82) is 0 Å². The molecule has 0 spiro atoms. The summed E-state index contributed by atoms with van der Waals surface area (Å²) in [4.78, 5) is 0. The lowest BCUT2D eigenvalue weighted by atomic mass is 9.94. The molecule has 0 saturated heterocycles. The van der Waals surface area contributed by atoms with Crippen molar-refractivity contribution in [3.8, 4) is 5.75 Å². The zero-order chi connectivity index (χ0) is 14.9. The standard InChI is InChI=1S/C16H17Cl2NO/c1-9-4-5-11(10(2)6-9)16(19)12-7-14(18)15(20-3)8-13(12)17/h4-8,16H,19H2,1-3H3. The molecule has 0 radical (unpaired) electrons. The lowest BCUT2D eigenvalue weighted by Crippen LogP contribution is -2.14. The topological polar surface area (TPSA) is 35.2 Å². The van der Waals surface area contributed by atoms with E-state index in [1.807, 2.05) is 19.1 Å². The summed E-state index contributed by atoms with van der Waals surface area (Å²) in [5, 5.41) is 1.06. The SMILES string of the molecule is COc1cc(Cl)c(C(N)c2ccc(C)cc2C)cc1Cl. The molecule has 1 atom stereocenters. The normalized spacial score (nSPS) is 12.3. The molecule has 0 aliphatic rings. The Morgan fingerprint density at radius 2 is 1.70 bits per heavy atom. The van der Waals surface area contributed by atoms with Crippen molar-refractivity contribution >= 4 is 23.2 Å². The number of benzene rings is 2. The minimum Gasteiger partial charge on any atom is -0.495 e. The number of nitrogens with two attached hydrogens (primary N) is 1. The molecule has 1 unspecified atom stereocenters. The van der Waals surface area contributed by atoms with Gasteiger partial charge in [-0.15, -0.1) is 0 Å². The summed E-state index contributed by atoms with van der Waals surface area (Å²) < 4.78 is 5.15. The van der Waals surface area contributed by atoms with Crippen molar-refractivity contribution in [1.82, 2.24) is 0 Å². The molecule has 2 N–H and O–H groups in total. The van der Waals surface area contributed by atoms with E-state index in [4.69, 9.17) is 33.7 Å². The van der Waals surface area contributed by atoms with Gasteiger partial charge >= 0.3 is 0 Å². The Bertz CT molecular complexity index is 641. The van der Waals surface area contributed by atoms with Crippen LogP contribution in [0.2, 0.25) is 10.0 Å². The summed E-state index contributed by atoms with van der Waals surface area (Å²) in [7, 11) is 1.56. The first-order valence-electron chi connectivity index (χ1n) is 6.29. The largest absolute Gasteiger partial charge is 0.495 e. The molecular formula is C16H17Cl2NO. The van der Waals surface area contributed by atoms with Crippen molar-refractivity contribution in [3.05, 3.63) is 62.6 Å². The number of hydrogen-bond donors (Lipinski definition) is 1. The highest BCUT2D eigenvalue weighted by Crippen LogP contribution is 2.36. The van der Waals surface area contributed by atoms with E-state index < -0.39 is 0 Å². The number of halogens is 2. The zero-order valence-corrected chi connectivity index (χ0v) is 13.2. The Hall–Kier alpha value is -1.22. The van der Waals surface area contributed by atoms with Crippen molar-refractivity contribution in [2.24, 2.45) is 5.73 Å². The van der Waals surface area contributed by atoms with Crippen LogP contribution >= 0.6 is 23.2 Å². The van der Waals surface area contributed by atoms with Gasteiger partial charge in [-0.2, -0.15) is 0 Å². The third-order valence-corrected chi connectivity index (χ3v) is 3.99. The van der Waals surface area contributed by atoms with Crippen molar-refractivity contribution in [2.45, 2.75) is 19.9 Å². The van der Waals surface area contributed by atoms with Gasteiger partial charge in [-0.05, 0) is 36.6 Å². The summed E-state index contributed by atoms with van der Waals surface area (Å²) in [5.74, 6) is 0.549. The molecule has 0 saturated carbocycles. The molecule has 0 bridgehead atoms. The molecule has 2 aromatic carbocycles. The predicted octanol–water partition coefficient (Wildman–Crippen LogP) is 4.67. The van der Waals surface area contributed by atoms with E-state index in [1.54, 1.807) is 19.2 Å². The number of rotatable bonds is 3. The number of methoxy groups -OCH3 is 1. The summed E-state index contributed by atoms with van der Waals surface area (Å²) in [5.41, 5.74) is 10.5. The maximum absolute atomic E-state index is 6.34. The Balaban J connectivity index is 2.48. The summed E-state index contributed by atoms with van der Waals surface area (Å²) in [6.07, 6.45) is 0. The van der Waals surface area contributed by atoms with Gasteiger partial charge in [0.15, 0.2) is 0 Å². The van der Waals surface area contributed by atoms with Crippen LogP contribution < -0.4 is 10.5 Å². The van der Waals surface area contributed by atoms with Crippen LogP contribution in [0.25, 0.3) is 0 Å². The molecule has 0 fully saturated rings. The average Bonchev–Trinajstić information content (AvgIpc) is 2.40. The molecule has 0 aliphatic heterocycles. The van der Waals surface area contributed by atoms with Crippen LogP contribution in [0.5, 0.6) is 5.75 Å². The second-order valence-corrected chi connectivity index (χ2v) is 5.66. The average molecular weight is 310 g/mol. The lowest BCUT2D eigenvalue weighted by molar-refractivity contribution is 0.415. The molecule has 20 heavy (non-hydrogen) atoms. The van der Waals surface area contributed by atoms with Crippen LogP contribution in [-0.4, -0.2) is 7.11 Å². The van der Waals surface area contributed by atoms with Crippen molar-refractivity contribution in [3.63, 3.8) is 0 Å². The molecule has 4 heteroatoms. The first kappa shape index (κ1) is 15.2. The smallest absolute Gasteiger partial charge is 0.138 e. The van der Waals surface area contributed by atoms with Gasteiger partial charge in [-0.25, -0.2) is 0 Å². The fraction of sp³-hybridized carbons (Fsp3) is 0.250. The third kappa shape index (κ3) is 2.93. The Morgan fingerprint density at radius 3 is 2.30 bits per heavy atom. The van der Waals surface area contributed by atoms with Crippen LogP contribution in [0.4, 0.5) is 0 Å². The van der Waals surface area contributed by atoms with E-state index in [0.29, 0.717) is 15.8 Å². The highest BCUT2D eigenvalue weighted by molar-refractivity contribution is 6.34. The van der Waals surface area contributed by atoms with E-state index in [1.165, 1.54) is 5.56 Å². The number of aryl methyl sites for hydroxylation is 2. The van der Waals surface area contributed by atoms with Crippen LogP contribution in [0.15, 0.2) is 30.3 Å². The quantitative estimate of drug-likeness (QED) is 0.894. The summed E-state index contributed by atoms with van der Waals surface area (Å²) in [6, 6.07) is 9.33. The van der Waals surface area contributed by atoms with E-state index >= 15 is 0 Å². The van der Waals surface area contributed by atoms with Crippen LogP contribution in [0.3, 0.4) is 0 Å². The Kier molecular flexibility index (Phi) is 4.59. The van der Waals surface area contributed by atoms with Gasteiger partial charge in [0.05, 0.1) is 18.2 Å². The number of ether oxygens (including phenoxy) is 1. The van der Waals surface area contributed by atoms with Gasteiger partial charge in [0.2, 0.25) is 0 Å². The molecule has 0 aromatic heterocycles. The third-order valence-electron chi connectivity index (χ3n) is 3.37. The monoisotopic (exact) mass is 309 g/mol. The van der Waals surface area contributed by atoms with Crippen molar-refractivity contribution < 1.29 is 4.74 Å². The van der Waals surface area contributed by atoms with Gasteiger partial charge < -0.3 is 10.5 Å². The molecule has 106 valence electrons. The maximum atomic E-state index is 6.34. The Labute approximate surface area is 129 Å². The molecule has 0 amide bonds. The minimum atomic E-state index is -0.313. The predicted molar refractivity (Wildman–Crippen MR) is 85.0 cm³/mol. The fourth-order valence-corrected chi connectivity index (χ4v) is 2.80. The molecule has 2 aromatic rings. The number of hydrogen-bond acceptors (Lipinski definition) is 2. The second-order valence-electron chi connectivity index (χ2n) is 4.85. The van der Waals surface area contributed by atoms with E-state index in [-0.39, 0.29) is 6.04 Å². The zero-order valence-electron chi connectivity index (χ0n) is 11.7. The van der Waals surface area contributed by atoms with Gasteiger partial charge in [0.1, 0.15) is 5.75 Å². The lowest BCUT2D eigenvalue weighted by Gasteiger charge is -2.18. The van der Waals surface area contributed by atoms with Crippen molar-refractivity contribution in [2.75, 3.05) is 7.11 Å². The first-order valence-corrected chi connectivity index (χ1v) is 7.05. The van der Waals surface area contributed by atoms with E-state index in [0.717, 1.165) is 16.7 Å². The highest BCUT2D eigenvalue weighted by Gasteiger charge is 2.17. The molecule has 0 aliphatic carbocycles. The van der Waals surface area contributed by atoms with Gasteiger partial charge in [0.25, 0.3) is 0 Å². The van der Waals surface area contributed by atoms with Gasteiger partial charge in [-0.1, -0.05) is 47.0 Å². The molecule has 2 rings (SSSR count). The minimum absolute atomic E-state index is 0.313. The van der Waals surface area contributed by atoms with Crippen LogP contribution in [0, 0.1) is 13.8 Å². The molecule has 2 nitrogen and oxygen atoms in total.